The molecule has 5 nitrogen and oxygen atoms in total. The van der Waals surface area contributed by atoms with E-state index in [2.05, 4.69) is 10.3 Å². The van der Waals surface area contributed by atoms with Crippen molar-refractivity contribution in [1.82, 2.24) is 10.3 Å². The summed E-state index contributed by atoms with van der Waals surface area (Å²) in [5.41, 5.74) is 5.86. The van der Waals surface area contributed by atoms with Crippen LogP contribution in [0.4, 0.5) is 5.82 Å². The van der Waals surface area contributed by atoms with Crippen molar-refractivity contribution in [3.63, 3.8) is 0 Å². The first kappa shape index (κ1) is 13.7. The van der Waals surface area contributed by atoms with E-state index in [0.717, 1.165) is 6.42 Å². The van der Waals surface area contributed by atoms with Crippen LogP contribution in [0.25, 0.3) is 0 Å². The first-order valence-electron chi connectivity index (χ1n) is 5.25. The molecule has 6 heteroatoms. The SMILES string of the molecule is COCCC(C)NC(=O)c1cnc(N)c(Cl)c1. The molecular weight excluding hydrogens is 242 g/mol. The summed E-state index contributed by atoms with van der Waals surface area (Å²) in [7, 11) is 1.62. The molecule has 0 fully saturated rings. The molecule has 1 rings (SSSR count). The van der Waals surface area contributed by atoms with Crippen molar-refractivity contribution < 1.29 is 9.53 Å². The zero-order chi connectivity index (χ0) is 12.8. The topological polar surface area (TPSA) is 77.2 Å². The van der Waals surface area contributed by atoms with Crippen LogP contribution in [-0.2, 0) is 4.74 Å². The molecule has 0 saturated heterocycles. The Morgan fingerprint density at radius 3 is 3.00 bits per heavy atom. The summed E-state index contributed by atoms with van der Waals surface area (Å²) in [5, 5.41) is 3.10. The number of rotatable bonds is 5. The Kier molecular flexibility index (Phi) is 5.18. The van der Waals surface area contributed by atoms with Crippen molar-refractivity contribution >= 4 is 23.3 Å². The summed E-state index contributed by atoms with van der Waals surface area (Å²) in [6.45, 7) is 2.51. The molecule has 0 saturated carbocycles. The van der Waals surface area contributed by atoms with Crippen LogP contribution in [-0.4, -0.2) is 30.6 Å². The molecule has 17 heavy (non-hydrogen) atoms. The molecule has 0 aliphatic carbocycles. The van der Waals surface area contributed by atoms with Gasteiger partial charge in [0.2, 0.25) is 0 Å². The zero-order valence-electron chi connectivity index (χ0n) is 9.87. The van der Waals surface area contributed by atoms with E-state index in [1.165, 1.54) is 12.3 Å². The van der Waals surface area contributed by atoms with Gasteiger partial charge in [0.25, 0.3) is 5.91 Å². The van der Waals surface area contributed by atoms with Crippen LogP contribution in [0.5, 0.6) is 0 Å². The Bertz CT molecular complexity index is 398. The first-order chi connectivity index (χ1) is 8.04. The van der Waals surface area contributed by atoms with E-state index in [-0.39, 0.29) is 22.8 Å². The van der Waals surface area contributed by atoms with Crippen molar-refractivity contribution in [2.24, 2.45) is 0 Å². The van der Waals surface area contributed by atoms with Gasteiger partial charge < -0.3 is 15.8 Å². The molecule has 0 radical (unpaired) electrons. The van der Waals surface area contributed by atoms with Gasteiger partial charge >= 0.3 is 0 Å². The average molecular weight is 258 g/mol. The molecule has 0 aliphatic heterocycles. The Labute approximate surface area is 105 Å². The Morgan fingerprint density at radius 1 is 1.71 bits per heavy atom. The molecule has 1 aromatic heterocycles. The smallest absolute Gasteiger partial charge is 0.253 e. The lowest BCUT2D eigenvalue weighted by molar-refractivity contribution is 0.0929. The van der Waals surface area contributed by atoms with Gasteiger partial charge in [0.05, 0.1) is 10.6 Å². The molecule has 0 aromatic carbocycles. The third-order valence-corrected chi connectivity index (χ3v) is 2.57. The molecule has 3 N–H and O–H groups in total. The number of nitrogens with one attached hydrogen (secondary N) is 1. The van der Waals surface area contributed by atoms with Gasteiger partial charge in [-0.2, -0.15) is 0 Å². The van der Waals surface area contributed by atoms with Gasteiger partial charge in [-0.1, -0.05) is 11.6 Å². The quantitative estimate of drug-likeness (QED) is 0.838. The summed E-state index contributed by atoms with van der Waals surface area (Å²) in [6.07, 6.45) is 2.15. The molecule has 94 valence electrons. The fourth-order valence-corrected chi connectivity index (χ4v) is 1.41. The Morgan fingerprint density at radius 2 is 2.41 bits per heavy atom. The molecule has 0 bridgehead atoms. The minimum atomic E-state index is -0.219. The second-order valence-electron chi connectivity index (χ2n) is 3.75. The number of nitrogens with two attached hydrogens (primary N) is 1. The number of anilines is 1. The highest BCUT2D eigenvalue weighted by molar-refractivity contribution is 6.33. The lowest BCUT2D eigenvalue weighted by Gasteiger charge is -2.13. The number of carbonyl (C=O) groups excluding carboxylic acids is 1. The number of nitrogens with zero attached hydrogens (tertiary/aromatic N) is 1. The number of carbonyl (C=O) groups is 1. The number of amides is 1. The first-order valence-corrected chi connectivity index (χ1v) is 5.63. The van der Waals surface area contributed by atoms with Crippen LogP contribution >= 0.6 is 11.6 Å². The number of hydrogen-bond donors (Lipinski definition) is 2. The summed E-state index contributed by atoms with van der Waals surface area (Å²) in [5.74, 6) is -0.00125. The van der Waals surface area contributed by atoms with Crippen LogP contribution in [0.2, 0.25) is 5.02 Å². The van der Waals surface area contributed by atoms with Gasteiger partial charge in [-0.05, 0) is 19.4 Å². The van der Waals surface area contributed by atoms with Gasteiger partial charge in [0.1, 0.15) is 5.82 Å². The fourth-order valence-electron chi connectivity index (χ4n) is 1.25. The number of ether oxygens (including phenoxy) is 1. The Hall–Kier alpha value is -1.33. The third-order valence-electron chi connectivity index (χ3n) is 2.26. The maximum absolute atomic E-state index is 11.8. The van der Waals surface area contributed by atoms with Crippen molar-refractivity contribution in [2.75, 3.05) is 19.5 Å². The number of pyridine rings is 1. The normalized spacial score (nSPS) is 12.2. The van der Waals surface area contributed by atoms with E-state index in [4.69, 9.17) is 22.1 Å². The average Bonchev–Trinajstić information content (AvgIpc) is 2.30. The summed E-state index contributed by atoms with van der Waals surface area (Å²) in [4.78, 5) is 15.6. The fraction of sp³-hybridized carbons (Fsp3) is 0.455. The maximum Gasteiger partial charge on any atom is 0.253 e. The second kappa shape index (κ2) is 6.42. The highest BCUT2D eigenvalue weighted by atomic mass is 35.5. The molecule has 1 amide bonds. The predicted molar refractivity (Wildman–Crippen MR) is 67.1 cm³/mol. The highest BCUT2D eigenvalue weighted by Gasteiger charge is 2.11. The van der Waals surface area contributed by atoms with E-state index < -0.39 is 0 Å². The highest BCUT2D eigenvalue weighted by Crippen LogP contribution is 2.16. The van der Waals surface area contributed by atoms with Gasteiger partial charge in [0.15, 0.2) is 0 Å². The molecule has 1 heterocycles. The van der Waals surface area contributed by atoms with Crippen LogP contribution in [0, 0.1) is 0 Å². The van der Waals surface area contributed by atoms with Crippen molar-refractivity contribution in [1.29, 1.82) is 0 Å². The van der Waals surface area contributed by atoms with Crippen LogP contribution in [0.3, 0.4) is 0 Å². The van der Waals surface area contributed by atoms with E-state index in [0.29, 0.717) is 12.2 Å². The van der Waals surface area contributed by atoms with Gasteiger partial charge in [-0.25, -0.2) is 4.98 Å². The summed E-state index contributed by atoms with van der Waals surface area (Å²) in [6, 6.07) is 1.53. The summed E-state index contributed by atoms with van der Waals surface area (Å²) >= 11 is 5.79. The van der Waals surface area contributed by atoms with Crippen LogP contribution < -0.4 is 11.1 Å². The number of methoxy groups -OCH3 is 1. The van der Waals surface area contributed by atoms with Crippen LogP contribution in [0.1, 0.15) is 23.7 Å². The molecular formula is C11H16ClN3O2. The largest absolute Gasteiger partial charge is 0.385 e. The molecule has 0 spiro atoms. The van der Waals surface area contributed by atoms with E-state index in [9.17, 15) is 4.79 Å². The number of aromatic nitrogens is 1. The lowest BCUT2D eigenvalue weighted by Crippen LogP contribution is -2.33. The van der Waals surface area contributed by atoms with E-state index in [1.54, 1.807) is 7.11 Å². The van der Waals surface area contributed by atoms with E-state index >= 15 is 0 Å². The zero-order valence-corrected chi connectivity index (χ0v) is 10.6. The van der Waals surface area contributed by atoms with Crippen molar-refractivity contribution in [3.8, 4) is 0 Å². The number of hydrogen-bond acceptors (Lipinski definition) is 4. The molecule has 1 aromatic rings. The molecule has 1 unspecified atom stereocenters. The standard InChI is InChI=1S/C11H16ClN3O2/c1-7(3-4-17-2)15-11(16)8-5-9(12)10(13)14-6-8/h5-7H,3-4H2,1-2H3,(H2,13,14)(H,15,16). The minimum Gasteiger partial charge on any atom is -0.385 e. The monoisotopic (exact) mass is 257 g/mol. The Balaban J connectivity index is 2.60. The van der Waals surface area contributed by atoms with Gasteiger partial charge in [-0.3, -0.25) is 4.79 Å². The lowest BCUT2D eigenvalue weighted by atomic mass is 10.2. The van der Waals surface area contributed by atoms with Gasteiger partial charge in [0, 0.05) is 26.0 Å². The van der Waals surface area contributed by atoms with E-state index in [1.807, 2.05) is 6.92 Å². The van der Waals surface area contributed by atoms with Crippen molar-refractivity contribution in [2.45, 2.75) is 19.4 Å². The predicted octanol–water partition coefficient (Wildman–Crippen LogP) is 1.47. The van der Waals surface area contributed by atoms with Crippen molar-refractivity contribution in [3.05, 3.63) is 22.8 Å². The van der Waals surface area contributed by atoms with Crippen LogP contribution in [0.15, 0.2) is 12.3 Å². The number of halogens is 1. The second-order valence-corrected chi connectivity index (χ2v) is 4.15. The number of nitrogen functional groups attached to an aromatic ring is 1. The third kappa shape index (κ3) is 4.20. The minimum absolute atomic E-state index is 0.0266. The van der Waals surface area contributed by atoms with Gasteiger partial charge in [-0.15, -0.1) is 0 Å². The maximum atomic E-state index is 11.8. The molecule has 1 atom stereocenters. The summed E-state index contributed by atoms with van der Waals surface area (Å²) < 4.78 is 4.93. The molecule has 0 aliphatic rings.